The van der Waals surface area contributed by atoms with E-state index < -0.39 is 5.82 Å². The van der Waals surface area contributed by atoms with Gasteiger partial charge < -0.3 is 4.74 Å². The summed E-state index contributed by atoms with van der Waals surface area (Å²) < 4.78 is 18.3. The van der Waals surface area contributed by atoms with Crippen molar-refractivity contribution in [2.45, 2.75) is 0 Å². The molecule has 0 aliphatic carbocycles. The number of nitrogens with zero attached hydrogens (tertiary/aromatic N) is 2. The second kappa shape index (κ2) is 4.23. The number of benzene rings is 1. The molecule has 0 saturated heterocycles. The molecule has 1 aromatic heterocycles. The van der Waals surface area contributed by atoms with Crippen LogP contribution >= 0.6 is 11.6 Å². The van der Waals surface area contributed by atoms with Gasteiger partial charge in [0.05, 0.1) is 0 Å². The van der Waals surface area contributed by atoms with Crippen molar-refractivity contribution >= 4 is 11.6 Å². The number of aromatic nitrogens is 2. The van der Waals surface area contributed by atoms with Crippen LogP contribution in [0, 0.1) is 5.82 Å². The lowest BCUT2D eigenvalue weighted by Gasteiger charge is -2.03. The predicted molar refractivity (Wildman–Crippen MR) is 53.5 cm³/mol. The third-order valence-corrected chi connectivity index (χ3v) is 1.86. The Kier molecular flexibility index (Phi) is 2.78. The lowest BCUT2D eigenvalue weighted by Crippen LogP contribution is -1.92. The summed E-state index contributed by atoms with van der Waals surface area (Å²) in [5, 5.41) is 7.48. The van der Waals surface area contributed by atoms with Crippen LogP contribution in [0.5, 0.6) is 11.6 Å². The van der Waals surface area contributed by atoms with Crippen molar-refractivity contribution in [2.24, 2.45) is 0 Å². The van der Waals surface area contributed by atoms with E-state index in [1.807, 2.05) is 0 Å². The van der Waals surface area contributed by atoms with Crippen molar-refractivity contribution in [1.82, 2.24) is 10.2 Å². The van der Waals surface area contributed by atoms with Gasteiger partial charge >= 0.3 is 0 Å². The van der Waals surface area contributed by atoms with Crippen LogP contribution in [0.4, 0.5) is 4.39 Å². The summed E-state index contributed by atoms with van der Waals surface area (Å²) in [6, 6.07) is 9.09. The topological polar surface area (TPSA) is 35.0 Å². The third kappa shape index (κ3) is 2.41. The molecule has 0 bridgehead atoms. The normalized spacial score (nSPS) is 10.0. The molecule has 76 valence electrons. The van der Waals surface area contributed by atoms with Crippen molar-refractivity contribution in [3.63, 3.8) is 0 Å². The molecule has 0 atom stereocenters. The fourth-order valence-corrected chi connectivity index (χ4v) is 1.10. The highest BCUT2D eigenvalue weighted by molar-refractivity contribution is 6.29. The summed E-state index contributed by atoms with van der Waals surface area (Å²) >= 11 is 5.54. The van der Waals surface area contributed by atoms with Gasteiger partial charge in [0.15, 0.2) is 16.7 Å². The maximum atomic E-state index is 13.2. The first-order valence-corrected chi connectivity index (χ1v) is 4.55. The minimum absolute atomic E-state index is 0.106. The number of ether oxygens (including phenoxy) is 1. The van der Waals surface area contributed by atoms with Gasteiger partial charge in [-0.1, -0.05) is 23.7 Å². The van der Waals surface area contributed by atoms with Crippen LogP contribution in [0.25, 0.3) is 0 Å². The number of hydrogen-bond donors (Lipinski definition) is 0. The molecule has 2 aromatic rings. The molecule has 3 nitrogen and oxygen atoms in total. The fourth-order valence-electron chi connectivity index (χ4n) is 0.998. The van der Waals surface area contributed by atoms with Crippen LogP contribution in [0.2, 0.25) is 5.15 Å². The van der Waals surface area contributed by atoms with Crippen LogP contribution < -0.4 is 4.74 Å². The highest BCUT2D eigenvalue weighted by Crippen LogP contribution is 2.22. The molecule has 0 N–H and O–H groups in total. The SMILES string of the molecule is Fc1ccccc1Oc1ccc(Cl)nn1. The summed E-state index contributed by atoms with van der Waals surface area (Å²) in [5.41, 5.74) is 0. The Morgan fingerprint density at radius 1 is 1.07 bits per heavy atom. The van der Waals surface area contributed by atoms with Gasteiger partial charge in [-0.15, -0.1) is 10.2 Å². The molecule has 1 heterocycles. The molecule has 1 aromatic carbocycles. The Morgan fingerprint density at radius 3 is 2.53 bits per heavy atom. The largest absolute Gasteiger partial charge is 0.434 e. The van der Waals surface area contributed by atoms with E-state index in [1.165, 1.54) is 24.3 Å². The molecule has 0 aliphatic rings. The average molecular weight is 225 g/mol. The molecule has 5 heteroatoms. The summed E-state index contributed by atoms with van der Waals surface area (Å²) in [5.74, 6) is -0.145. The molecule has 0 saturated carbocycles. The maximum absolute atomic E-state index is 13.2. The third-order valence-electron chi connectivity index (χ3n) is 1.66. The molecule has 0 unspecified atom stereocenters. The zero-order chi connectivity index (χ0) is 10.7. The number of para-hydroxylation sites is 1. The van der Waals surface area contributed by atoms with Gasteiger partial charge in [0.25, 0.3) is 0 Å². The predicted octanol–water partition coefficient (Wildman–Crippen LogP) is 3.06. The molecule has 0 amide bonds. The summed E-state index contributed by atoms with van der Waals surface area (Å²) in [7, 11) is 0. The van der Waals surface area contributed by atoms with Gasteiger partial charge in [-0.25, -0.2) is 4.39 Å². The number of halogens is 2. The van der Waals surface area contributed by atoms with E-state index in [9.17, 15) is 4.39 Å². The van der Waals surface area contributed by atoms with E-state index in [0.29, 0.717) is 0 Å². The zero-order valence-electron chi connectivity index (χ0n) is 7.52. The monoisotopic (exact) mass is 224 g/mol. The molecular weight excluding hydrogens is 219 g/mol. The minimum atomic E-state index is -0.450. The first-order valence-electron chi connectivity index (χ1n) is 4.17. The zero-order valence-corrected chi connectivity index (χ0v) is 8.28. The van der Waals surface area contributed by atoms with E-state index in [1.54, 1.807) is 12.1 Å². The van der Waals surface area contributed by atoms with E-state index in [4.69, 9.17) is 16.3 Å². The highest BCUT2D eigenvalue weighted by atomic mass is 35.5. The highest BCUT2D eigenvalue weighted by Gasteiger charge is 2.04. The lowest BCUT2D eigenvalue weighted by atomic mass is 10.3. The molecule has 0 radical (unpaired) electrons. The minimum Gasteiger partial charge on any atom is -0.434 e. The van der Waals surface area contributed by atoms with E-state index in [-0.39, 0.29) is 16.8 Å². The van der Waals surface area contributed by atoms with E-state index in [2.05, 4.69) is 10.2 Å². The second-order valence-electron chi connectivity index (χ2n) is 2.73. The Bertz CT molecular complexity index is 461. The lowest BCUT2D eigenvalue weighted by molar-refractivity contribution is 0.422. The Labute approximate surface area is 90.5 Å². The first-order chi connectivity index (χ1) is 7.25. The number of rotatable bonds is 2. The first kappa shape index (κ1) is 9.86. The Hall–Kier alpha value is -1.68. The van der Waals surface area contributed by atoms with Crippen molar-refractivity contribution < 1.29 is 9.13 Å². The fraction of sp³-hybridized carbons (Fsp3) is 0. The van der Waals surface area contributed by atoms with E-state index >= 15 is 0 Å². The van der Waals surface area contributed by atoms with Crippen LogP contribution in [-0.4, -0.2) is 10.2 Å². The van der Waals surface area contributed by atoms with Crippen LogP contribution in [-0.2, 0) is 0 Å². The average Bonchev–Trinajstić information content (AvgIpc) is 2.25. The van der Waals surface area contributed by atoms with Gasteiger partial charge in [0, 0.05) is 6.07 Å². The van der Waals surface area contributed by atoms with Crippen LogP contribution in [0.1, 0.15) is 0 Å². The van der Waals surface area contributed by atoms with Crippen molar-refractivity contribution in [1.29, 1.82) is 0 Å². The van der Waals surface area contributed by atoms with Gasteiger partial charge in [-0.2, -0.15) is 0 Å². The van der Waals surface area contributed by atoms with Crippen molar-refractivity contribution in [3.05, 3.63) is 47.4 Å². The van der Waals surface area contributed by atoms with Crippen molar-refractivity contribution in [2.75, 3.05) is 0 Å². The van der Waals surface area contributed by atoms with Gasteiger partial charge in [0.1, 0.15) is 0 Å². The smallest absolute Gasteiger partial charge is 0.239 e. The molecule has 2 rings (SSSR count). The molecule has 15 heavy (non-hydrogen) atoms. The quantitative estimate of drug-likeness (QED) is 0.786. The maximum Gasteiger partial charge on any atom is 0.239 e. The van der Waals surface area contributed by atoms with Crippen LogP contribution in [0.3, 0.4) is 0 Å². The van der Waals surface area contributed by atoms with Gasteiger partial charge in [-0.05, 0) is 18.2 Å². The Balaban J connectivity index is 2.22. The van der Waals surface area contributed by atoms with Crippen LogP contribution in [0.15, 0.2) is 36.4 Å². The van der Waals surface area contributed by atoms with Gasteiger partial charge in [0.2, 0.25) is 5.88 Å². The molecule has 0 aliphatic heterocycles. The van der Waals surface area contributed by atoms with E-state index in [0.717, 1.165) is 0 Å². The summed E-state index contributed by atoms with van der Waals surface area (Å²) in [6.45, 7) is 0. The number of hydrogen-bond acceptors (Lipinski definition) is 3. The Morgan fingerprint density at radius 2 is 1.87 bits per heavy atom. The summed E-state index contributed by atoms with van der Waals surface area (Å²) in [6.07, 6.45) is 0. The molecule has 0 fully saturated rings. The molecular formula is C10H6ClFN2O. The standard InChI is InChI=1S/C10H6ClFN2O/c11-9-5-6-10(14-13-9)15-8-4-2-1-3-7(8)12/h1-6H. The van der Waals surface area contributed by atoms with Crippen molar-refractivity contribution in [3.8, 4) is 11.6 Å². The van der Waals surface area contributed by atoms with Gasteiger partial charge in [-0.3, -0.25) is 0 Å². The second-order valence-corrected chi connectivity index (χ2v) is 3.11. The summed E-state index contributed by atoms with van der Waals surface area (Å²) in [4.78, 5) is 0. The molecule has 0 spiro atoms.